The van der Waals surface area contributed by atoms with E-state index in [0.29, 0.717) is 21.6 Å². The highest BCUT2D eigenvalue weighted by molar-refractivity contribution is 6.08. The number of carboxylic acids is 1. The molecule has 31 heavy (non-hydrogen) atoms. The highest BCUT2D eigenvalue weighted by Crippen LogP contribution is 2.38. The maximum Gasteiger partial charge on any atom is 0.328 e. The first-order valence-corrected chi connectivity index (χ1v) is 9.11. The fourth-order valence-electron chi connectivity index (χ4n) is 3.47. The number of benzene rings is 2. The Morgan fingerprint density at radius 2 is 1.81 bits per heavy atom. The van der Waals surface area contributed by atoms with Gasteiger partial charge in [-0.3, -0.25) is 24.6 Å². The Labute approximate surface area is 176 Å². The van der Waals surface area contributed by atoms with Gasteiger partial charge in [0.2, 0.25) is 0 Å². The number of carbonyl (C=O) groups is 3. The minimum Gasteiger partial charge on any atom is -0.480 e. The van der Waals surface area contributed by atoms with E-state index in [-0.39, 0.29) is 12.2 Å². The highest BCUT2D eigenvalue weighted by Gasteiger charge is 2.55. The number of hydrogen-bond acceptors (Lipinski definition) is 7. The second kappa shape index (κ2) is 8.22. The van der Waals surface area contributed by atoms with Gasteiger partial charge in [0.25, 0.3) is 11.6 Å². The van der Waals surface area contributed by atoms with Crippen LogP contribution >= 0.6 is 0 Å². The van der Waals surface area contributed by atoms with Gasteiger partial charge in [-0.1, -0.05) is 36.4 Å². The zero-order chi connectivity index (χ0) is 22.8. The molecule has 0 spiro atoms. The molecule has 3 N–H and O–H groups in total. The van der Waals surface area contributed by atoms with Crippen molar-refractivity contribution in [3.05, 3.63) is 75.3 Å². The predicted molar refractivity (Wildman–Crippen MR) is 109 cm³/mol. The van der Waals surface area contributed by atoms with Gasteiger partial charge in [0.05, 0.1) is 11.1 Å². The van der Waals surface area contributed by atoms with Crippen LogP contribution in [0, 0.1) is 10.1 Å². The molecule has 3 rings (SSSR count). The Balaban J connectivity index is 2.03. The highest BCUT2D eigenvalue weighted by atomic mass is 16.6. The van der Waals surface area contributed by atoms with Crippen molar-refractivity contribution >= 4 is 29.8 Å². The molecule has 0 aliphatic carbocycles. The Morgan fingerprint density at radius 1 is 1.19 bits per heavy atom. The number of hydrazone groups is 1. The molecule has 0 unspecified atom stereocenters. The monoisotopic (exact) mass is 425 g/mol. The first kappa shape index (κ1) is 21.4. The lowest BCUT2D eigenvalue weighted by Crippen LogP contribution is -2.44. The van der Waals surface area contributed by atoms with E-state index in [1.165, 1.54) is 42.3 Å². The number of carbonyl (C=O) groups excluding carboxylic acids is 2. The van der Waals surface area contributed by atoms with Crippen molar-refractivity contribution in [1.29, 1.82) is 0 Å². The fourth-order valence-corrected chi connectivity index (χ4v) is 3.47. The standard InChI is InChI=1S/C20H19N5O6/c1-20(15-6-2-13(3-7-15)10-22-21)18(28)23(12-17(26)27)19(29)24(20)11-14-4-8-16(9-5-14)25(30)31/h2-10H,11-12,21H2,1H3,(H,26,27)/t20-/m1/s1. The molecular formula is C20H19N5O6. The molecule has 0 aromatic heterocycles. The summed E-state index contributed by atoms with van der Waals surface area (Å²) in [6.07, 6.45) is 1.42. The van der Waals surface area contributed by atoms with Crippen LogP contribution in [-0.4, -0.2) is 50.5 Å². The average Bonchev–Trinajstić information content (AvgIpc) is 2.91. The SMILES string of the molecule is C[C@@]1(c2ccc(C=NN)cc2)C(=O)N(CC(=O)O)C(=O)N1Cc1ccc([N+](=O)[O-])cc1. The second-order valence-corrected chi connectivity index (χ2v) is 7.05. The average molecular weight is 425 g/mol. The number of hydrogen-bond donors (Lipinski definition) is 2. The van der Waals surface area contributed by atoms with Crippen LogP contribution < -0.4 is 5.84 Å². The molecule has 11 heteroatoms. The van der Waals surface area contributed by atoms with Gasteiger partial charge in [-0.05, 0) is 23.6 Å². The molecule has 160 valence electrons. The third-order valence-electron chi connectivity index (χ3n) is 5.14. The summed E-state index contributed by atoms with van der Waals surface area (Å²) in [6, 6.07) is 11.4. The number of aliphatic carboxylic acids is 1. The van der Waals surface area contributed by atoms with E-state index in [2.05, 4.69) is 5.10 Å². The van der Waals surface area contributed by atoms with E-state index in [0.717, 1.165) is 0 Å². The third kappa shape index (κ3) is 3.92. The maximum atomic E-state index is 13.2. The topological polar surface area (TPSA) is 159 Å². The summed E-state index contributed by atoms with van der Waals surface area (Å²) in [5.74, 6) is 3.14. The summed E-state index contributed by atoms with van der Waals surface area (Å²) in [7, 11) is 0. The number of nitro benzene ring substituents is 1. The van der Waals surface area contributed by atoms with Crippen molar-refractivity contribution in [2.24, 2.45) is 10.9 Å². The van der Waals surface area contributed by atoms with Gasteiger partial charge < -0.3 is 15.8 Å². The maximum absolute atomic E-state index is 13.2. The van der Waals surface area contributed by atoms with E-state index < -0.39 is 34.9 Å². The summed E-state index contributed by atoms with van der Waals surface area (Å²) >= 11 is 0. The van der Waals surface area contributed by atoms with Crippen molar-refractivity contribution in [1.82, 2.24) is 9.80 Å². The predicted octanol–water partition coefficient (Wildman–Crippen LogP) is 1.65. The summed E-state index contributed by atoms with van der Waals surface area (Å²) in [6.45, 7) is 0.704. The summed E-state index contributed by atoms with van der Waals surface area (Å²) in [4.78, 5) is 49.7. The van der Waals surface area contributed by atoms with Gasteiger partial charge in [0.15, 0.2) is 0 Å². The van der Waals surface area contributed by atoms with Gasteiger partial charge >= 0.3 is 12.0 Å². The molecule has 1 aliphatic rings. The normalized spacial score (nSPS) is 18.7. The number of rotatable bonds is 7. The van der Waals surface area contributed by atoms with Gasteiger partial charge in [0, 0.05) is 18.7 Å². The molecule has 0 radical (unpaired) electrons. The summed E-state index contributed by atoms with van der Waals surface area (Å²) < 4.78 is 0. The first-order valence-electron chi connectivity index (χ1n) is 9.11. The third-order valence-corrected chi connectivity index (χ3v) is 5.14. The number of nitro groups is 1. The van der Waals surface area contributed by atoms with Crippen LogP contribution in [0.5, 0.6) is 0 Å². The van der Waals surface area contributed by atoms with Crippen molar-refractivity contribution in [2.45, 2.75) is 19.0 Å². The second-order valence-electron chi connectivity index (χ2n) is 7.05. The van der Waals surface area contributed by atoms with E-state index in [1.54, 1.807) is 24.3 Å². The van der Waals surface area contributed by atoms with Crippen molar-refractivity contribution < 1.29 is 24.4 Å². The van der Waals surface area contributed by atoms with Gasteiger partial charge in [-0.25, -0.2) is 4.79 Å². The minimum absolute atomic E-state index is 0.0544. The quantitative estimate of drug-likeness (QED) is 0.224. The van der Waals surface area contributed by atoms with E-state index in [9.17, 15) is 24.5 Å². The Kier molecular flexibility index (Phi) is 5.68. The van der Waals surface area contributed by atoms with Crippen LogP contribution in [0.25, 0.3) is 0 Å². The largest absolute Gasteiger partial charge is 0.480 e. The molecule has 1 fully saturated rings. The lowest BCUT2D eigenvalue weighted by atomic mass is 9.89. The molecule has 1 atom stereocenters. The van der Waals surface area contributed by atoms with Crippen LogP contribution in [0.1, 0.15) is 23.6 Å². The lowest BCUT2D eigenvalue weighted by molar-refractivity contribution is -0.384. The molecule has 0 saturated carbocycles. The Bertz CT molecular complexity index is 1070. The zero-order valence-corrected chi connectivity index (χ0v) is 16.5. The van der Waals surface area contributed by atoms with Crippen LogP contribution in [0.15, 0.2) is 53.6 Å². The first-order chi connectivity index (χ1) is 14.7. The van der Waals surface area contributed by atoms with Gasteiger partial charge in [-0.2, -0.15) is 5.10 Å². The molecular weight excluding hydrogens is 406 g/mol. The van der Waals surface area contributed by atoms with Gasteiger partial charge in [-0.15, -0.1) is 0 Å². The number of nitrogens with two attached hydrogens (primary N) is 1. The zero-order valence-electron chi connectivity index (χ0n) is 16.5. The molecule has 2 aromatic carbocycles. The molecule has 1 saturated heterocycles. The smallest absolute Gasteiger partial charge is 0.328 e. The number of imide groups is 1. The Hall–Kier alpha value is -4.28. The summed E-state index contributed by atoms with van der Waals surface area (Å²) in [5, 5.41) is 23.5. The van der Waals surface area contributed by atoms with Crippen molar-refractivity contribution in [2.75, 3.05) is 6.54 Å². The molecule has 11 nitrogen and oxygen atoms in total. The van der Waals surface area contributed by atoms with Crippen LogP contribution in [0.3, 0.4) is 0 Å². The lowest BCUT2D eigenvalue weighted by Gasteiger charge is -2.32. The number of carboxylic acid groups (broad SMARTS) is 1. The Morgan fingerprint density at radius 3 is 2.32 bits per heavy atom. The number of non-ortho nitro benzene ring substituents is 1. The molecule has 3 amide bonds. The van der Waals surface area contributed by atoms with E-state index in [4.69, 9.17) is 10.9 Å². The van der Waals surface area contributed by atoms with E-state index >= 15 is 0 Å². The molecule has 1 heterocycles. The minimum atomic E-state index is -1.48. The fraction of sp³-hybridized carbons (Fsp3) is 0.200. The number of nitrogens with zero attached hydrogens (tertiary/aromatic N) is 4. The molecule has 2 aromatic rings. The van der Waals surface area contributed by atoms with E-state index in [1.807, 2.05) is 0 Å². The van der Waals surface area contributed by atoms with Gasteiger partial charge in [0.1, 0.15) is 12.1 Å². The molecule has 1 aliphatic heterocycles. The number of amides is 3. The van der Waals surface area contributed by atoms with Crippen LogP contribution in [0.4, 0.5) is 10.5 Å². The van der Waals surface area contributed by atoms with Crippen LogP contribution in [-0.2, 0) is 21.7 Å². The number of urea groups is 1. The summed E-state index contributed by atoms with van der Waals surface area (Å²) in [5.41, 5.74) is 0.0972. The molecule has 0 bridgehead atoms. The van der Waals surface area contributed by atoms with Crippen molar-refractivity contribution in [3.8, 4) is 0 Å². The van der Waals surface area contributed by atoms with Crippen molar-refractivity contribution in [3.63, 3.8) is 0 Å². The van der Waals surface area contributed by atoms with Crippen LogP contribution in [0.2, 0.25) is 0 Å².